The summed E-state index contributed by atoms with van der Waals surface area (Å²) >= 11 is 1.56. The van der Waals surface area contributed by atoms with Gasteiger partial charge in [-0.15, -0.1) is 11.3 Å². The number of rotatable bonds is 5. The number of aromatic nitrogens is 2. The summed E-state index contributed by atoms with van der Waals surface area (Å²) in [6.45, 7) is 7.70. The molecular formula is C21H24N4O2S. The summed E-state index contributed by atoms with van der Waals surface area (Å²) in [5.74, 6) is 2.01. The lowest BCUT2D eigenvalue weighted by atomic mass is 10.2. The maximum Gasteiger partial charge on any atom is 0.264 e. The van der Waals surface area contributed by atoms with Crippen LogP contribution >= 0.6 is 11.3 Å². The topological polar surface area (TPSA) is 58.6 Å². The fourth-order valence-corrected chi connectivity index (χ4v) is 4.25. The average molecular weight is 397 g/mol. The highest BCUT2D eigenvalue weighted by atomic mass is 32.1. The van der Waals surface area contributed by atoms with E-state index in [0.717, 1.165) is 33.9 Å². The first-order chi connectivity index (χ1) is 13.6. The van der Waals surface area contributed by atoms with Crippen LogP contribution in [0.15, 0.2) is 42.7 Å². The number of amides is 1. The van der Waals surface area contributed by atoms with Crippen molar-refractivity contribution in [2.45, 2.75) is 13.8 Å². The number of carbonyl (C=O) groups is 1. The first-order valence-electron chi connectivity index (χ1n) is 9.58. The lowest BCUT2D eigenvalue weighted by Gasteiger charge is -2.35. The number of hydrogen-bond donors (Lipinski definition) is 0. The van der Waals surface area contributed by atoms with Crippen LogP contribution in [-0.4, -0.2) is 53.6 Å². The number of ether oxygens (including phenoxy) is 1. The number of piperazine rings is 1. The van der Waals surface area contributed by atoms with Gasteiger partial charge in [0.15, 0.2) is 0 Å². The Labute approximate surface area is 168 Å². The minimum Gasteiger partial charge on any atom is -0.477 e. The molecule has 146 valence electrons. The molecule has 0 radical (unpaired) electrons. The van der Waals surface area contributed by atoms with Gasteiger partial charge in [0.1, 0.15) is 12.1 Å². The van der Waals surface area contributed by atoms with Crippen molar-refractivity contribution in [3.63, 3.8) is 0 Å². The van der Waals surface area contributed by atoms with Gasteiger partial charge in [-0.2, -0.15) is 0 Å². The van der Waals surface area contributed by atoms with Crippen molar-refractivity contribution in [1.29, 1.82) is 0 Å². The third kappa shape index (κ3) is 4.09. The van der Waals surface area contributed by atoms with E-state index in [9.17, 15) is 4.79 Å². The highest BCUT2D eigenvalue weighted by Crippen LogP contribution is 2.27. The van der Waals surface area contributed by atoms with E-state index in [1.165, 1.54) is 0 Å². The quantitative estimate of drug-likeness (QED) is 0.658. The van der Waals surface area contributed by atoms with Gasteiger partial charge in [-0.05, 0) is 23.4 Å². The van der Waals surface area contributed by atoms with Crippen molar-refractivity contribution in [3.05, 3.63) is 47.6 Å². The van der Waals surface area contributed by atoms with E-state index in [0.29, 0.717) is 31.5 Å². The summed E-state index contributed by atoms with van der Waals surface area (Å²) in [5.41, 5.74) is 0. The van der Waals surface area contributed by atoms with Gasteiger partial charge in [-0.1, -0.05) is 32.0 Å². The first kappa shape index (κ1) is 18.7. The van der Waals surface area contributed by atoms with Crippen molar-refractivity contribution in [2.24, 2.45) is 5.92 Å². The Balaban J connectivity index is 1.39. The molecule has 3 heterocycles. The molecule has 1 saturated heterocycles. The van der Waals surface area contributed by atoms with Crippen LogP contribution in [0.3, 0.4) is 0 Å². The van der Waals surface area contributed by atoms with E-state index in [-0.39, 0.29) is 5.91 Å². The van der Waals surface area contributed by atoms with Gasteiger partial charge in [-0.25, -0.2) is 9.97 Å². The molecule has 0 bridgehead atoms. The standard InChI is InChI=1S/C21H24N4O2S/c1-15(2)13-27-20-12-19(22-14-23-20)24-7-9-25(10-8-24)21(26)18-11-16-5-3-4-6-17(16)28-18/h3-6,11-12,14-15H,7-10,13H2,1-2H3. The number of hydrogen-bond acceptors (Lipinski definition) is 6. The number of thiophene rings is 1. The Hall–Kier alpha value is -2.67. The average Bonchev–Trinajstić information content (AvgIpc) is 3.16. The molecule has 1 aromatic carbocycles. The molecule has 0 N–H and O–H groups in total. The Kier molecular flexibility index (Phi) is 5.43. The zero-order valence-corrected chi connectivity index (χ0v) is 17.0. The van der Waals surface area contributed by atoms with E-state index >= 15 is 0 Å². The van der Waals surface area contributed by atoms with Crippen molar-refractivity contribution in [2.75, 3.05) is 37.7 Å². The van der Waals surface area contributed by atoms with Crippen molar-refractivity contribution in [3.8, 4) is 5.88 Å². The van der Waals surface area contributed by atoms with Crippen LogP contribution < -0.4 is 9.64 Å². The molecule has 28 heavy (non-hydrogen) atoms. The Bertz CT molecular complexity index is 931. The van der Waals surface area contributed by atoms with Gasteiger partial charge in [0.2, 0.25) is 5.88 Å². The monoisotopic (exact) mass is 396 g/mol. The number of anilines is 1. The second kappa shape index (κ2) is 8.14. The zero-order chi connectivity index (χ0) is 19.5. The molecule has 1 aliphatic heterocycles. The minimum atomic E-state index is 0.115. The largest absolute Gasteiger partial charge is 0.477 e. The van der Waals surface area contributed by atoms with E-state index in [1.54, 1.807) is 17.7 Å². The number of carbonyl (C=O) groups excluding carboxylic acids is 1. The molecule has 0 aliphatic carbocycles. The SMILES string of the molecule is CC(C)COc1cc(N2CCN(C(=O)c3cc4ccccc4s3)CC2)ncn1. The van der Waals surface area contributed by atoms with Crippen LogP contribution in [0.4, 0.5) is 5.82 Å². The summed E-state index contributed by atoms with van der Waals surface area (Å²) in [7, 11) is 0. The summed E-state index contributed by atoms with van der Waals surface area (Å²) in [5, 5.41) is 1.13. The molecule has 0 atom stereocenters. The van der Waals surface area contributed by atoms with E-state index in [4.69, 9.17) is 4.74 Å². The van der Waals surface area contributed by atoms with Gasteiger partial charge < -0.3 is 14.5 Å². The van der Waals surface area contributed by atoms with E-state index in [1.807, 2.05) is 29.2 Å². The van der Waals surface area contributed by atoms with Crippen LogP contribution in [0, 0.1) is 5.92 Å². The predicted octanol–water partition coefficient (Wildman–Crippen LogP) is 3.69. The van der Waals surface area contributed by atoms with Crippen LogP contribution in [-0.2, 0) is 0 Å². The lowest BCUT2D eigenvalue weighted by Crippen LogP contribution is -2.48. The first-order valence-corrected chi connectivity index (χ1v) is 10.4. The lowest BCUT2D eigenvalue weighted by molar-refractivity contribution is 0.0751. The molecule has 3 aromatic rings. The highest BCUT2D eigenvalue weighted by Gasteiger charge is 2.24. The maximum atomic E-state index is 12.9. The summed E-state index contributed by atoms with van der Waals surface area (Å²) in [6.07, 6.45) is 1.54. The Morgan fingerprint density at radius 3 is 2.68 bits per heavy atom. The van der Waals surface area contributed by atoms with Crippen molar-refractivity contribution in [1.82, 2.24) is 14.9 Å². The van der Waals surface area contributed by atoms with Crippen LogP contribution in [0.2, 0.25) is 0 Å². The molecule has 1 amide bonds. The molecular weight excluding hydrogens is 372 g/mol. The molecule has 0 spiro atoms. The highest BCUT2D eigenvalue weighted by molar-refractivity contribution is 7.20. The fourth-order valence-electron chi connectivity index (χ4n) is 3.22. The van der Waals surface area contributed by atoms with Crippen molar-refractivity contribution < 1.29 is 9.53 Å². The fraction of sp³-hybridized carbons (Fsp3) is 0.381. The Morgan fingerprint density at radius 1 is 1.14 bits per heavy atom. The molecule has 0 saturated carbocycles. The summed E-state index contributed by atoms with van der Waals surface area (Å²) in [6, 6.07) is 12.0. The van der Waals surface area contributed by atoms with Gasteiger partial charge in [-0.3, -0.25) is 4.79 Å². The smallest absolute Gasteiger partial charge is 0.264 e. The molecule has 1 aliphatic rings. The maximum absolute atomic E-state index is 12.9. The molecule has 4 rings (SSSR count). The van der Waals surface area contributed by atoms with Crippen LogP contribution in [0.5, 0.6) is 5.88 Å². The van der Waals surface area contributed by atoms with Gasteiger partial charge in [0.25, 0.3) is 5.91 Å². The molecule has 7 heteroatoms. The second-order valence-corrected chi connectivity index (χ2v) is 8.43. The second-order valence-electron chi connectivity index (χ2n) is 7.35. The predicted molar refractivity (Wildman–Crippen MR) is 112 cm³/mol. The number of benzene rings is 1. The van der Waals surface area contributed by atoms with Gasteiger partial charge >= 0.3 is 0 Å². The van der Waals surface area contributed by atoms with Gasteiger partial charge in [0, 0.05) is 36.9 Å². The molecule has 6 nitrogen and oxygen atoms in total. The summed E-state index contributed by atoms with van der Waals surface area (Å²) < 4.78 is 6.86. The van der Waals surface area contributed by atoms with E-state index < -0.39 is 0 Å². The van der Waals surface area contributed by atoms with Crippen LogP contribution in [0.25, 0.3) is 10.1 Å². The molecule has 2 aromatic heterocycles. The Morgan fingerprint density at radius 2 is 1.93 bits per heavy atom. The zero-order valence-electron chi connectivity index (χ0n) is 16.2. The van der Waals surface area contributed by atoms with Crippen LogP contribution in [0.1, 0.15) is 23.5 Å². The van der Waals surface area contributed by atoms with Gasteiger partial charge in [0.05, 0.1) is 11.5 Å². The minimum absolute atomic E-state index is 0.115. The number of fused-ring (bicyclic) bond motifs is 1. The normalized spacial score (nSPS) is 14.7. The van der Waals surface area contributed by atoms with E-state index in [2.05, 4.69) is 40.8 Å². The summed E-state index contributed by atoms with van der Waals surface area (Å²) in [4.78, 5) is 26.4. The molecule has 0 unspecified atom stereocenters. The number of nitrogens with zero attached hydrogens (tertiary/aromatic N) is 4. The third-order valence-corrected chi connectivity index (χ3v) is 5.82. The molecule has 1 fully saturated rings. The van der Waals surface area contributed by atoms with Crippen molar-refractivity contribution >= 4 is 33.1 Å². The third-order valence-electron chi connectivity index (χ3n) is 4.72.